The molecule has 34 heavy (non-hydrogen) atoms. The van der Waals surface area contributed by atoms with Crippen molar-refractivity contribution in [3.63, 3.8) is 0 Å². The van der Waals surface area contributed by atoms with Crippen LogP contribution < -0.4 is 24.8 Å². The molecule has 0 aliphatic rings. The number of hydrogen-bond donors (Lipinski definition) is 2. The second kappa shape index (κ2) is 12.1. The van der Waals surface area contributed by atoms with Gasteiger partial charge in [-0.3, -0.25) is 14.5 Å². The van der Waals surface area contributed by atoms with Gasteiger partial charge in [0.05, 0.1) is 45.7 Å². The summed E-state index contributed by atoms with van der Waals surface area (Å²) in [7, 11) is 4.47. The SMILES string of the molecule is CCN(CC(=O)NCc1cc(OC)c(OC)cc1OC)CC(=O)Nc1ccccc1C(F)(F)F. The number of carbonyl (C=O) groups is 2. The summed E-state index contributed by atoms with van der Waals surface area (Å²) in [6, 6.07) is 8.04. The Kier molecular flexibility index (Phi) is 9.55. The highest BCUT2D eigenvalue weighted by Crippen LogP contribution is 2.35. The van der Waals surface area contributed by atoms with Crippen molar-refractivity contribution in [3.8, 4) is 17.2 Å². The lowest BCUT2D eigenvalue weighted by Crippen LogP contribution is -2.41. The predicted octanol–water partition coefficient (Wildman–Crippen LogP) is 3.31. The number of rotatable bonds is 11. The van der Waals surface area contributed by atoms with Crippen LogP contribution in [0.5, 0.6) is 17.2 Å². The molecule has 0 heterocycles. The number of benzene rings is 2. The maximum absolute atomic E-state index is 13.1. The number of nitrogens with one attached hydrogen (secondary N) is 2. The van der Waals surface area contributed by atoms with E-state index in [4.69, 9.17) is 14.2 Å². The Hall–Kier alpha value is -3.47. The number of methoxy groups -OCH3 is 3. The Morgan fingerprint density at radius 3 is 2.09 bits per heavy atom. The van der Waals surface area contributed by atoms with Crippen LogP contribution in [-0.4, -0.2) is 57.7 Å². The van der Waals surface area contributed by atoms with Crippen LogP contribution in [0.1, 0.15) is 18.1 Å². The van der Waals surface area contributed by atoms with Gasteiger partial charge in [-0.25, -0.2) is 0 Å². The van der Waals surface area contributed by atoms with E-state index in [0.29, 0.717) is 29.4 Å². The normalized spacial score (nSPS) is 11.2. The van der Waals surface area contributed by atoms with E-state index in [9.17, 15) is 22.8 Å². The number of hydrogen-bond acceptors (Lipinski definition) is 6. The number of nitrogens with zero attached hydrogens (tertiary/aromatic N) is 1. The molecule has 0 saturated heterocycles. The summed E-state index contributed by atoms with van der Waals surface area (Å²) in [5.74, 6) is 0.409. The molecule has 8 nitrogen and oxygen atoms in total. The number of carbonyl (C=O) groups excluding carboxylic acids is 2. The van der Waals surface area contributed by atoms with Crippen molar-refractivity contribution in [3.05, 3.63) is 47.5 Å². The van der Waals surface area contributed by atoms with Crippen molar-refractivity contribution in [2.45, 2.75) is 19.6 Å². The van der Waals surface area contributed by atoms with Gasteiger partial charge in [-0.1, -0.05) is 19.1 Å². The zero-order valence-electron chi connectivity index (χ0n) is 19.4. The minimum absolute atomic E-state index is 0.125. The van der Waals surface area contributed by atoms with E-state index in [-0.39, 0.29) is 31.2 Å². The highest BCUT2D eigenvalue weighted by molar-refractivity contribution is 5.93. The molecule has 0 atom stereocenters. The van der Waals surface area contributed by atoms with Gasteiger partial charge in [0.2, 0.25) is 11.8 Å². The minimum atomic E-state index is -4.60. The van der Waals surface area contributed by atoms with Gasteiger partial charge in [0.25, 0.3) is 0 Å². The van der Waals surface area contributed by atoms with Crippen LogP contribution in [0, 0.1) is 0 Å². The number of anilines is 1. The minimum Gasteiger partial charge on any atom is -0.496 e. The van der Waals surface area contributed by atoms with Crippen molar-refractivity contribution >= 4 is 17.5 Å². The van der Waals surface area contributed by atoms with Gasteiger partial charge in [-0.2, -0.15) is 13.2 Å². The molecule has 0 fully saturated rings. The second-order valence-corrected chi connectivity index (χ2v) is 7.19. The summed E-state index contributed by atoms with van der Waals surface area (Å²) in [5, 5.41) is 5.02. The van der Waals surface area contributed by atoms with Gasteiger partial charge in [0, 0.05) is 18.2 Å². The number of alkyl halides is 3. The first-order chi connectivity index (χ1) is 16.1. The van der Waals surface area contributed by atoms with Crippen LogP contribution in [0.15, 0.2) is 36.4 Å². The van der Waals surface area contributed by atoms with Crippen molar-refractivity contribution in [1.29, 1.82) is 0 Å². The van der Waals surface area contributed by atoms with E-state index in [1.54, 1.807) is 19.1 Å². The zero-order chi connectivity index (χ0) is 25.3. The molecule has 0 bridgehead atoms. The number of ether oxygens (including phenoxy) is 3. The topological polar surface area (TPSA) is 89.1 Å². The van der Waals surface area contributed by atoms with E-state index in [1.807, 2.05) is 0 Å². The highest BCUT2D eigenvalue weighted by atomic mass is 19.4. The Labute approximate surface area is 196 Å². The lowest BCUT2D eigenvalue weighted by atomic mass is 10.1. The number of halogens is 3. The number of para-hydroxylation sites is 1. The summed E-state index contributed by atoms with van der Waals surface area (Å²) in [5.41, 5.74) is -0.618. The van der Waals surface area contributed by atoms with Crippen molar-refractivity contribution in [2.75, 3.05) is 46.3 Å². The van der Waals surface area contributed by atoms with Gasteiger partial charge in [0.1, 0.15) is 5.75 Å². The molecule has 2 rings (SSSR count). The molecule has 2 N–H and O–H groups in total. The molecule has 0 saturated carbocycles. The lowest BCUT2D eigenvalue weighted by molar-refractivity contribution is -0.137. The smallest absolute Gasteiger partial charge is 0.418 e. The molecule has 2 amide bonds. The predicted molar refractivity (Wildman–Crippen MR) is 120 cm³/mol. The Morgan fingerprint density at radius 1 is 0.912 bits per heavy atom. The fourth-order valence-corrected chi connectivity index (χ4v) is 3.20. The van der Waals surface area contributed by atoms with Crippen LogP contribution in [-0.2, 0) is 22.3 Å². The molecule has 2 aromatic rings. The average molecular weight is 483 g/mol. The fraction of sp³-hybridized carbons (Fsp3) is 0.391. The van der Waals surface area contributed by atoms with E-state index in [0.717, 1.165) is 6.07 Å². The van der Waals surface area contributed by atoms with Gasteiger partial charge >= 0.3 is 6.18 Å². The van der Waals surface area contributed by atoms with E-state index < -0.39 is 17.6 Å². The lowest BCUT2D eigenvalue weighted by Gasteiger charge is -2.20. The van der Waals surface area contributed by atoms with Gasteiger partial charge in [-0.15, -0.1) is 0 Å². The third kappa shape index (κ3) is 7.27. The summed E-state index contributed by atoms with van der Waals surface area (Å²) in [6.45, 7) is 1.82. The molecule has 0 unspecified atom stereocenters. The summed E-state index contributed by atoms with van der Waals surface area (Å²) in [4.78, 5) is 26.3. The molecular weight excluding hydrogens is 455 g/mol. The van der Waals surface area contributed by atoms with Crippen LogP contribution >= 0.6 is 0 Å². The summed E-state index contributed by atoms with van der Waals surface area (Å²) >= 11 is 0. The molecule has 186 valence electrons. The van der Waals surface area contributed by atoms with Crippen LogP contribution in [0.4, 0.5) is 18.9 Å². The number of amides is 2. The average Bonchev–Trinajstić information content (AvgIpc) is 2.81. The first-order valence-corrected chi connectivity index (χ1v) is 10.4. The molecule has 0 radical (unpaired) electrons. The van der Waals surface area contributed by atoms with Crippen molar-refractivity contribution in [1.82, 2.24) is 10.2 Å². The molecule has 0 aliphatic heterocycles. The van der Waals surface area contributed by atoms with Crippen molar-refractivity contribution < 1.29 is 37.0 Å². The van der Waals surface area contributed by atoms with Crippen LogP contribution in [0.25, 0.3) is 0 Å². The Balaban J connectivity index is 1.98. The summed E-state index contributed by atoms with van der Waals surface area (Å²) in [6.07, 6.45) is -4.60. The third-order valence-corrected chi connectivity index (χ3v) is 4.95. The molecule has 0 aromatic heterocycles. The van der Waals surface area contributed by atoms with Gasteiger partial charge in [0.15, 0.2) is 11.5 Å². The molecular formula is C23H28F3N3O5. The van der Waals surface area contributed by atoms with Crippen LogP contribution in [0.3, 0.4) is 0 Å². The Bertz CT molecular complexity index is 998. The first kappa shape index (κ1) is 26.8. The van der Waals surface area contributed by atoms with Crippen LogP contribution in [0.2, 0.25) is 0 Å². The van der Waals surface area contributed by atoms with Crippen molar-refractivity contribution in [2.24, 2.45) is 0 Å². The quantitative estimate of drug-likeness (QED) is 0.510. The largest absolute Gasteiger partial charge is 0.496 e. The van der Waals surface area contributed by atoms with Gasteiger partial charge in [-0.05, 0) is 24.7 Å². The summed E-state index contributed by atoms with van der Waals surface area (Å²) < 4.78 is 55.2. The fourth-order valence-electron chi connectivity index (χ4n) is 3.20. The molecule has 11 heteroatoms. The first-order valence-electron chi connectivity index (χ1n) is 10.4. The number of likely N-dealkylation sites (N-methyl/N-ethyl adjacent to an activating group) is 1. The monoisotopic (exact) mass is 483 g/mol. The van der Waals surface area contributed by atoms with E-state index >= 15 is 0 Å². The van der Waals surface area contributed by atoms with E-state index in [1.165, 1.54) is 44.4 Å². The highest BCUT2D eigenvalue weighted by Gasteiger charge is 2.33. The Morgan fingerprint density at radius 2 is 1.50 bits per heavy atom. The maximum Gasteiger partial charge on any atom is 0.418 e. The second-order valence-electron chi connectivity index (χ2n) is 7.19. The molecule has 0 aliphatic carbocycles. The standard InChI is InChI=1S/C23H28F3N3O5/c1-5-29(14-22(31)28-17-9-7-6-8-16(17)23(24,25)26)13-21(30)27-12-15-10-19(33-3)20(34-4)11-18(15)32-2/h6-11H,5,12-14H2,1-4H3,(H,27,30)(H,28,31). The zero-order valence-corrected chi connectivity index (χ0v) is 19.4. The van der Waals surface area contributed by atoms with E-state index in [2.05, 4.69) is 10.6 Å². The maximum atomic E-state index is 13.1. The van der Waals surface area contributed by atoms with Gasteiger partial charge < -0.3 is 24.8 Å². The molecule has 0 spiro atoms. The third-order valence-electron chi connectivity index (χ3n) is 4.95. The molecule has 2 aromatic carbocycles.